The summed E-state index contributed by atoms with van der Waals surface area (Å²) in [5, 5.41) is 3.58. The van der Waals surface area contributed by atoms with E-state index in [1.54, 1.807) is 0 Å². The average Bonchev–Trinajstić information content (AvgIpc) is 2.41. The van der Waals surface area contributed by atoms with E-state index in [0.717, 1.165) is 13.0 Å². The molecule has 2 rings (SSSR count). The highest BCUT2D eigenvalue weighted by atomic mass is 15.0. The summed E-state index contributed by atoms with van der Waals surface area (Å²) in [7, 11) is 0. The zero-order valence-electron chi connectivity index (χ0n) is 13.3. The average molecular weight is 275 g/mol. The minimum Gasteiger partial charge on any atom is -0.347 e. The highest BCUT2D eigenvalue weighted by Gasteiger charge is 2.24. The van der Waals surface area contributed by atoms with Gasteiger partial charge in [0, 0.05) is 24.7 Å². The zero-order chi connectivity index (χ0) is 14.7. The predicted molar refractivity (Wildman–Crippen MR) is 86.5 cm³/mol. The number of nitrogens with one attached hydrogen (secondary N) is 1. The number of aliphatic imine (C=N–C) groups is 1. The van der Waals surface area contributed by atoms with Gasteiger partial charge in [-0.3, -0.25) is 4.99 Å². The molecule has 0 fully saturated rings. The third-order valence-corrected chi connectivity index (χ3v) is 4.54. The Labute approximate surface area is 123 Å². The number of rotatable bonds is 3. The summed E-state index contributed by atoms with van der Waals surface area (Å²) in [6.07, 6.45) is 6.68. The van der Waals surface area contributed by atoms with Crippen LogP contribution in [0.15, 0.2) is 28.4 Å². The van der Waals surface area contributed by atoms with Crippen LogP contribution in [0, 0.1) is 23.7 Å². The molecule has 2 aliphatic rings. The quantitative estimate of drug-likeness (QED) is 0.831. The molecule has 0 aromatic carbocycles. The van der Waals surface area contributed by atoms with Crippen molar-refractivity contribution < 1.29 is 0 Å². The first-order chi connectivity index (χ1) is 9.51. The summed E-state index contributed by atoms with van der Waals surface area (Å²) >= 11 is 0. The van der Waals surface area contributed by atoms with E-state index in [1.165, 1.54) is 23.5 Å². The molecule has 3 N–H and O–H groups in total. The lowest BCUT2D eigenvalue weighted by molar-refractivity contribution is 0.421. The number of hydrogen-bond acceptors (Lipinski definition) is 3. The first-order valence-corrected chi connectivity index (χ1v) is 7.92. The monoisotopic (exact) mass is 275 g/mol. The van der Waals surface area contributed by atoms with Gasteiger partial charge in [-0.15, -0.1) is 0 Å². The zero-order valence-corrected chi connectivity index (χ0v) is 13.3. The Bertz CT molecular complexity index is 432. The normalized spacial score (nSPS) is 30.7. The number of hydrogen-bond donors (Lipinski definition) is 2. The Morgan fingerprint density at radius 2 is 2.10 bits per heavy atom. The van der Waals surface area contributed by atoms with Crippen molar-refractivity contribution in [3.63, 3.8) is 0 Å². The van der Waals surface area contributed by atoms with E-state index in [4.69, 9.17) is 10.7 Å². The minimum absolute atomic E-state index is 0.539. The molecule has 3 nitrogen and oxygen atoms in total. The van der Waals surface area contributed by atoms with Crippen LogP contribution in [0.3, 0.4) is 0 Å². The van der Waals surface area contributed by atoms with Gasteiger partial charge in [-0.1, -0.05) is 39.3 Å². The molecule has 3 heteroatoms. The summed E-state index contributed by atoms with van der Waals surface area (Å²) in [4.78, 5) is 4.71. The second-order valence-electron chi connectivity index (χ2n) is 6.79. The van der Waals surface area contributed by atoms with Crippen LogP contribution in [0.2, 0.25) is 0 Å². The summed E-state index contributed by atoms with van der Waals surface area (Å²) in [5.41, 5.74) is 8.52. The van der Waals surface area contributed by atoms with Crippen LogP contribution in [-0.4, -0.2) is 18.9 Å². The van der Waals surface area contributed by atoms with Gasteiger partial charge in [0.15, 0.2) is 0 Å². The number of allylic oxidation sites excluding steroid dienone is 3. The lowest BCUT2D eigenvalue weighted by atomic mass is 9.81. The van der Waals surface area contributed by atoms with Crippen molar-refractivity contribution in [1.29, 1.82) is 0 Å². The highest BCUT2D eigenvalue weighted by molar-refractivity contribution is 5.86. The van der Waals surface area contributed by atoms with E-state index in [2.05, 4.69) is 45.2 Å². The molecule has 0 radical (unpaired) electrons. The standard InChI is InChI=1S/C17H29N3/c1-11(2)16-8-15(6-5-14(16)9-18)20-17-13(4)7-12(3)10-19-17/h5-6,11-13,16H,7-10,18H2,1-4H3,(H,19,20)/t12-,13+,16?/m1/s1. The smallest absolute Gasteiger partial charge is 0.103 e. The van der Waals surface area contributed by atoms with Crippen LogP contribution >= 0.6 is 0 Å². The molecule has 3 atom stereocenters. The third-order valence-electron chi connectivity index (χ3n) is 4.54. The molecule has 0 aromatic rings. The van der Waals surface area contributed by atoms with Crippen molar-refractivity contribution in [2.75, 3.05) is 13.1 Å². The Morgan fingerprint density at radius 3 is 2.70 bits per heavy atom. The fraction of sp³-hybridized carbons (Fsp3) is 0.706. The molecule has 0 amide bonds. The molecule has 1 aliphatic heterocycles. The molecule has 20 heavy (non-hydrogen) atoms. The summed E-state index contributed by atoms with van der Waals surface area (Å²) in [6.45, 7) is 10.7. The highest BCUT2D eigenvalue weighted by Crippen LogP contribution is 2.30. The van der Waals surface area contributed by atoms with Crippen molar-refractivity contribution in [1.82, 2.24) is 5.32 Å². The first kappa shape index (κ1) is 15.3. The van der Waals surface area contributed by atoms with Crippen LogP contribution in [0.5, 0.6) is 0 Å². The lowest BCUT2D eigenvalue weighted by Crippen LogP contribution is -2.35. The molecule has 0 saturated heterocycles. The van der Waals surface area contributed by atoms with Gasteiger partial charge in [-0.25, -0.2) is 0 Å². The minimum atomic E-state index is 0.539. The van der Waals surface area contributed by atoms with Crippen LogP contribution < -0.4 is 11.1 Å². The Morgan fingerprint density at radius 1 is 1.35 bits per heavy atom. The predicted octanol–water partition coefficient (Wildman–Crippen LogP) is 3.10. The van der Waals surface area contributed by atoms with Crippen molar-refractivity contribution in [2.24, 2.45) is 34.4 Å². The number of nitrogens with two attached hydrogens (primary N) is 1. The molecule has 1 heterocycles. The molecule has 0 bridgehead atoms. The van der Waals surface area contributed by atoms with Crippen LogP contribution in [0.4, 0.5) is 0 Å². The SMILES string of the molecule is CC(C)C1CC(NC2=NC[C@H](C)C[C@@H]2C)=CC=C1CN. The molecule has 0 spiro atoms. The lowest BCUT2D eigenvalue weighted by Gasteiger charge is -2.31. The van der Waals surface area contributed by atoms with Crippen molar-refractivity contribution >= 4 is 5.84 Å². The van der Waals surface area contributed by atoms with Gasteiger partial charge in [0.25, 0.3) is 0 Å². The third kappa shape index (κ3) is 3.51. The summed E-state index contributed by atoms with van der Waals surface area (Å²) in [6, 6.07) is 0. The van der Waals surface area contributed by atoms with Crippen LogP contribution in [-0.2, 0) is 0 Å². The summed E-state index contributed by atoms with van der Waals surface area (Å²) < 4.78 is 0. The molecule has 0 saturated carbocycles. The van der Waals surface area contributed by atoms with Crippen molar-refractivity contribution in [3.8, 4) is 0 Å². The van der Waals surface area contributed by atoms with Crippen molar-refractivity contribution in [3.05, 3.63) is 23.4 Å². The van der Waals surface area contributed by atoms with E-state index in [0.29, 0.717) is 30.2 Å². The number of amidine groups is 1. The van der Waals surface area contributed by atoms with Gasteiger partial charge in [-0.05, 0) is 36.7 Å². The van der Waals surface area contributed by atoms with E-state index in [1.807, 2.05) is 0 Å². The van der Waals surface area contributed by atoms with E-state index in [9.17, 15) is 0 Å². The van der Waals surface area contributed by atoms with Crippen LogP contribution in [0.1, 0.15) is 40.5 Å². The first-order valence-electron chi connectivity index (χ1n) is 7.92. The summed E-state index contributed by atoms with van der Waals surface area (Å²) in [5.74, 6) is 3.61. The second-order valence-corrected chi connectivity index (χ2v) is 6.79. The fourth-order valence-corrected chi connectivity index (χ4v) is 3.27. The fourth-order valence-electron chi connectivity index (χ4n) is 3.27. The maximum absolute atomic E-state index is 5.86. The van der Waals surface area contributed by atoms with E-state index >= 15 is 0 Å². The van der Waals surface area contributed by atoms with Gasteiger partial charge >= 0.3 is 0 Å². The van der Waals surface area contributed by atoms with Crippen LogP contribution in [0.25, 0.3) is 0 Å². The maximum Gasteiger partial charge on any atom is 0.103 e. The Hall–Kier alpha value is -1.09. The van der Waals surface area contributed by atoms with Crippen molar-refractivity contribution in [2.45, 2.75) is 40.5 Å². The molecular formula is C17H29N3. The Kier molecular flexibility index (Phi) is 5.03. The van der Waals surface area contributed by atoms with Gasteiger partial charge < -0.3 is 11.1 Å². The van der Waals surface area contributed by atoms with Gasteiger partial charge in [-0.2, -0.15) is 0 Å². The van der Waals surface area contributed by atoms with Gasteiger partial charge in [0.1, 0.15) is 5.84 Å². The molecule has 0 aromatic heterocycles. The van der Waals surface area contributed by atoms with E-state index in [-0.39, 0.29) is 0 Å². The largest absolute Gasteiger partial charge is 0.347 e. The van der Waals surface area contributed by atoms with E-state index < -0.39 is 0 Å². The molecular weight excluding hydrogens is 246 g/mol. The Balaban J connectivity index is 2.07. The molecule has 112 valence electrons. The molecule has 1 unspecified atom stereocenters. The second kappa shape index (κ2) is 6.57. The number of nitrogens with zero attached hydrogens (tertiary/aromatic N) is 1. The maximum atomic E-state index is 5.86. The van der Waals surface area contributed by atoms with Gasteiger partial charge in [0.2, 0.25) is 0 Å². The molecule has 1 aliphatic carbocycles. The topological polar surface area (TPSA) is 50.4 Å². The van der Waals surface area contributed by atoms with Gasteiger partial charge in [0.05, 0.1) is 0 Å².